The highest BCUT2D eigenvalue weighted by atomic mass is 16.2. The molecule has 4 heteroatoms. The van der Waals surface area contributed by atoms with Crippen LogP contribution in [-0.4, -0.2) is 10.9 Å². The lowest BCUT2D eigenvalue weighted by molar-refractivity contribution is -0.110. The summed E-state index contributed by atoms with van der Waals surface area (Å²) >= 11 is 0. The Morgan fingerprint density at radius 2 is 1.91 bits per heavy atom. The molecule has 23 heavy (non-hydrogen) atoms. The molecule has 1 amide bonds. The zero-order valence-corrected chi connectivity index (χ0v) is 12.6. The number of hydrogen-bond acceptors (Lipinski definition) is 3. The molecular weight excluding hydrogens is 286 g/mol. The summed E-state index contributed by atoms with van der Waals surface area (Å²) in [5.41, 5.74) is 12.1. The first-order chi connectivity index (χ1) is 11.1. The average molecular weight is 301 g/mol. The van der Waals surface area contributed by atoms with Gasteiger partial charge in [0.1, 0.15) is 5.82 Å². The molecule has 0 saturated heterocycles. The summed E-state index contributed by atoms with van der Waals surface area (Å²) in [6, 6.07) is 15.6. The van der Waals surface area contributed by atoms with E-state index in [0.29, 0.717) is 11.4 Å². The first-order valence-corrected chi connectivity index (χ1v) is 7.42. The molecule has 2 heterocycles. The van der Waals surface area contributed by atoms with Gasteiger partial charge in [0.15, 0.2) is 0 Å². The molecule has 3 aliphatic rings. The van der Waals surface area contributed by atoms with Gasteiger partial charge >= 0.3 is 0 Å². The van der Waals surface area contributed by atoms with Crippen LogP contribution >= 0.6 is 0 Å². The maximum atomic E-state index is 12.3. The van der Waals surface area contributed by atoms with Gasteiger partial charge in [-0.1, -0.05) is 35.9 Å². The second kappa shape index (κ2) is 4.95. The first-order valence-electron chi connectivity index (χ1n) is 7.42. The van der Waals surface area contributed by atoms with Crippen LogP contribution in [-0.2, 0) is 4.79 Å². The Balaban J connectivity index is 1.92. The lowest BCUT2D eigenvalue weighted by Gasteiger charge is -2.01. The number of fused-ring (bicyclic) bond motifs is 2. The van der Waals surface area contributed by atoms with E-state index < -0.39 is 0 Å². The summed E-state index contributed by atoms with van der Waals surface area (Å²) in [6.07, 6.45) is 1.84. The lowest BCUT2D eigenvalue weighted by atomic mass is 10.0. The minimum atomic E-state index is -0.111. The number of nitrogens with two attached hydrogens (primary N) is 1. The number of aryl methyl sites for hydroxylation is 1. The Bertz CT molecular complexity index is 943. The number of aromatic nitrogens is 1. The molecule has 4 rings (SSSR count). The van der Waals surface area contributed by atoms with Gasteiger partial charge in [-0.05, 0) is 31.2 Å². The first kappa shape index (κ1) is 13.5. The fraction of sp³-hybridized carbons (Fsp3) is 0.0526. The predicted molar refractivity (Wildman–Crippen MR) is 93.0 cm³/mol. The molecule has 0 unspecified atom stereocenters. The van der Waals surface area contributed by atoms with Crippen LogP contribution < -0.4 is 11.1 Å². The van der Waals surface area contributed by atoms with Crippen molar-refractivity contribution in [2.75, 3.05) is 11.1 Å². The van der Waals surface area contributed by atoms with Crippen molar-refractivity contribution < 1.29 is 4.79 Å². The Morgan fingerprint density at radius 1 is 1.09 bits per heavy atom. The SMILES string of the molecule is Cc1ccc2c(c1)C(=Cc1c3cccccc-3nc1N)C(=O)N2. The quantitative estimate of drug-likeness (QED) is 0.675. The molecule has 0 atom stereocenters. The monoisotopic (exact) mass is 301 g/mol. The van der Waals surface area contributed by atoms with E-state index in [1.807, 2.05) is 61.5 Å². The molecule has 0 radical (unpaired) electrons. The lowest BCUT2D eigenvalue weighted by Crippen LogP contribution is -2.03. The number of rotatable bonds is 1. The summed E-state index contributed by atoms with van der Waals surface area (Å²) in [5.74, 6) is 0.326. The molecule has 2 aliphatic heterocycles. The van der Waals surface area contributed by atoms with E-state index in [1.54, 1.807) is 0 Å². The van der Waals surface area contributed by atoms with E-state index in [4.69, 9.17) is 5.73 Å². The van der Waals surface area contributed by atoms with E-state index in [2.05, 4.69) is 10.3 Å². The van der Waals surface area contributed by atoms with Crippen LogP contribution in [0, 0.1) is 6.92 Å². The molecule has 1 aliphatic carbocycles. The van der Waals surface area contributed by atoms with E-state index in [0.717, 1.165) is 33.6 Å². The standard InChI is InChI=1S/C19H15N3O/c1-11-7-8-17-13(9-11)15(19(23)22-17)10-14-12-5-3-2-4-6-16(12)21-18(14)20/h2-10H,1H3,(H2,20,21)(H,22,23). The zero-order valence-electron chi connectivity index (χ0n) is 12.6. The topological polar surface area (TPSA) is 68.0 Å². The number of nitrogens with one attached hydrogen (secondary N) is 1. The fourth-order valence-corrected chi connectivity index (χ4v) is 2.93. The van der Waals surface area contributed by atoms with Crippen LogP contribution in [0.15, 0.2) is 48.5 Å². The van der Waals surface area contributed by atoms with Crippen molar-refractivity contribution >= 4 is 29.1 Å². The number of hydrogen-bond donors (Lipinski definition) is 2. The summed E-state index contributed by atoms with van der Waals surface area (Å²) < 4.78 is 0. The normalized spacial score (nSPS) is 15.0. The van der Waals surface area contributed by atoms with Gasteiger partial charge in [0, 0.05) is 28.0 Å². The van der Waals surface area contributed by atoms with Gasteiger partial charge in [0.25, 0.3) is 5.91 Å². The van der Waals surface area contributed by atoms with Crippen molar-refractivity contribution in [1.82, 2.24) is 4.98 Å². The highest BCUT2D eigenvalue weighted by Gasteiger charge is 2.25. The molecular formula is C19H15N3O. The third-order valence-corrected chi connectivity index (χ3v) is 4.07. The van der Waals surface area contributed by atoms with Crippen molar-refractivity contribution in [3.05, 3.63) is 65.2 Å². The van der Waals surface area contributed by atoms with Crippen LogP contribution in [0.1, 0.15) is 16.7 Å². The Kier molecular flexibility index (Phi) is 2.91. The van der Waals surface area contributed by atoms with Crippen molar-refractivity contribution in [3.8, 4) is 11.3 Å². The van der Waals surface area contributed by atoms with Crippen molar-refractivity contribution in [2.45, 2.75) is 6.92 Å². The number of anilines is 2. The molecule has 1 aromatic rings. The van der Waals surface area contributed by atoms with Crippen LogP contribution in [0.5, 0.6) is 0 Å². The molecule has 1 aromatic carbocycles. The van der Waals surface area contributed by atoms with Crippen LogP contribution in [0.4, 0.5) is 11.5 Å². The molecule has 3 N–H and O–H groups in total. The van der Waals surface area contributed by atoms with E-state index >= 15 is 0 Å². The van der Waals surface area contributed by atoms with Crippen LogP contribution in [0.2, 0.25) is 0 Å². The summed E-state index contributed by atoms with van der Waals surface area (Å²) in [5, 5.41) is 2.89. The highest BCUT2D eigenvalue weighted by molar-refractivity contribution is 6.35. The highest BCUT2D eigenvalue weighted by Crippen LogP contribution is 2.37. The van der Waals surface area contributed by atoms with E-state index in [1.165, 1.54) is 0 Å². The van der Waals surface area contributed by atoms with E-state index in [-0.39, 0.29) is 5.91 Å². The van der Waals surface area contributed by atoms with Crippen molar-refractivity contribution in [3.63, 3.8) is 0 Å². The second-order valence-electron chi connectivity index (χ2n) is 5.68. The Labute approximate surface area is 134 Å². The third kappa shape index (κ3) is 2.16. The summed E-state index contributed by atoms with van der Waals surface area (Å²) in [4.78, 5) is 16.7. The maximum absolute atomic E-state index is 12.3. The Morgan fingerprint density at radius 3 is 2.78 bits per heavy atom. The molecule has 0 spiro atoms. The molecule has 0 bridgehead atoms. The minimum absolute atomic E-state index is 0.111. The van der Waals surface area contributed by atoms with Gasteiger partial charge < -0.3 is 11.1 Å². The van der Waals surface area contributed by atoms with Gasteiger partial charge in [-0.3, -0.25) is 4.79 Å². The Hall–Kier alpha value is -3.14. The van der Waals surface area contributed by atoms with Gasteiger partial charge in [0.05, 0.1) is 5.69 Å². The number of benzene rings is 1. The number of nitrogen functional groups attached to an aromatic ring is 1. The van der Waals surface area contributed by atoms with Gasteiger partial charge in [-0.25, -0.2) is 4.98 Å². The summed E-state index contributed by atoms with van der Waals surface area (Å²) in [6.45, 7) is 2.01. The van der Waals surface area contributed by atoms with E-state index in [9.17, 15) is 4.79 Å². The second-order valence-corrected chi connectivity index (χ2v) is 5.68. The summed E-state index contributed by atoms with van der Waals surface area (Å²) in [7, 11) is 0. The number of carbonyl (C=O) groups is 1. The number of nitrogens with zero attached hydrogens (tertiary/aromatic N) is 1. The van der Waals surface area contributed by atoms with Gasteiger partial charge in [-0.2, -0.15) is 0 Å². The van der Waals surface area contributed by atoms with Crippen LogP contribution in [0.3, 0.4) is 0 Å². The largest absolute Gasteiger partial charge is 0.383 e. The zero-order chi connectivity index (χ0) is 16.0. The number of amides is 1. The molecule has 0 fully saturated rings. The molecule has 112 valence electrons. The number of carbonyl (C=O) groups excluding carboxylic acids is 1. The smallest absolute Gasteiger partial charge is 0.256 e. The fourth-order valence-electron chi connectivity index (χ4n) is 2.93. The van der Waals surface area contributed by atoms with Crippen molar-refractivity contribution in [2.24, 2.45) is 0 Å². The van der Waals surface area contributed by atoms with Gasteiger partial charge in [0.2, 0.25) is 0 Å². The maximum Gasteiger partial charge on any atom is 0.256 e. The van der Waals surface area contributed by atoms with Crippen LogP contribution in [0.25, 0.3) is 22.9 Å². The van der Waals surface area contributed by atoms with Crippen molar-refractivity contribution in [1.29, 1.82) is 0 Å². The van der Waals surface area contributed by atoms with Gasteiger partial charge in [-0.15, -0.1) is 0 Å². The molecule has 0 saturated carbocycles. The third-order valence-electron chi connectivity index (χ3n) is 4.07. The minimum Gasteiger partial charge on any atom is -0.383 e. The predicted octanol–water partition coefficient (Wildman–Crippen LogP) is 3.57. The molecule has 4 nitrogen and oxygen atoms in total. The molecule has 0 aromatic heterocycles. The average Bonchev–Trinajstić information content (AvgIpc) is 2.86.